The molecule has 140 valence electrons. The van der Waals surface area contributed by atoms with E-state index in [4.69, 9.17) is 16.3 Å². The lowest BCUT2D eigenvalue weighted by atomic mass is 10.3. The van der Waals surface area contributed by atoms with Crippen molar-refractivity contribution in [3.63, 3.8) is 0 Å². The summed E-state index contributed by atoms with van der Waals surface area (Å²) in [7, 11) is -3.57. The van der Waals surface area contributed by atoms with Gasteiger partial charge in [0.15, 0.2) is 0 Å². The molecule has 0 fully saturated rings. The van der Waals surface area contributed by atoms with E-state index in [1.807, 2.05) is 0 Å². The van der Waals surface area contributed by atoms with Crippen LogP contribution in [0.5, 0.6) is 5.75 Å². The Bertz CT molecular complexity index is 821. The molecule has 0 saturated carbocycles. The van der Waals surface area contributed by atoms with Crippen molar-refractivity contribution in [2.24, 2.45) is 0 Å². The van der Waals surface area contributed by atoms with E-state index in [1.54, 1.807) is 36.4 Å². The molecular weight excluding hydrogens is 376 g/mol. The van der Waals surface area contributed by atoms with E-state index in [0.717, 1.165) is 5.75 Å². The lowest BCUT2D eigenvalue weighted by Gasteiger charge is -2.09. The summed E-state index contributed by atoms with van der Waals surface area (Å²) in [5, 5.41) is 3.24. The predicted molar refractivity (Wildman–Crippen MR) is 102 cm³/mol. The second kappa shape index (κ2) is 9.56. The van der Waals surface area contributed by atoms with E-state index in [9.17, 15) is 13.2 Å². The van der Waals surface area contributed by atoms with Gasteiger partial charge < -0.3 is 10.1 Å². The zero-order chi connectivity index (χ0) is 19.0. The van der Waals surface area contributed by atoms with Gasteiger partial charge in [0, 0.05) is 24.2 Å². The first-order chi connectivity index (χ1) is 12.4. The van der Waals surface area contributed by atoms with Crippen LogP contribution in [0, 0.1) is 0 Å². The van der Waals surface area contributed by atoms with Crippen LogP contribution in [0.3, 0.4) is 0 Å². The number of ether oxygens (including phenoxy) is 1. The van der Waals surface area contributed by atoms with Crippen molar-refractivity contribution < 1.29 is 17.9 Å². The van der Waals surface area contributed by atoms with Gasteiger partial charge in [0.05, 0.1) is 11.5 Å². The molecule has 0 aromatic heterocycles. The summed E-state index contributed by atoms with van der Waals surface area (Å²) in [6, 6.07) is 13.1. The van der Waals surface area contributed by atoms with Crippen molar-refractivity contribution in [3.05, 3.63) is 53.6 Å². The Hall–Kier alpha value is -2.09. The van der Waals surface area contributed by atoms with Gasteiger partial charge in [-0.15, -0.1) is 0 Å². The lowest BCUT2D eigenvalue weighted by Crippen LogP contribution is -2.25. The minimum absolute atomic E-state index is 0.156. The number of sulfonamides is 1. The maximum absolute atomic E-state index is 12.2. The summed E-state index contributed by atoms with van der Waals surface area (Å²) in [4.78, 5) is 11.1. The molecule has 0 aliphatic rings. The number of rotatable bonds is 9. The molecule has 6 nitrogen and oxygen atoms in total. The highest BCUT2D eigenvalue weighted by atomic mass is 35.5. The highest BCUT2D eigenvalue weighted by Gasteiger charge is 2.13. The van der Waals surface area contributed by atoms with Gasteiger partial charge in [0.1, 0.15) is 5.75 Å². The molecule has 2 N–H and O–H groups in total. The lowest BCUT2D eigenvalue weighted by molar-refractivity contribution is -0.114. The van der Waals surface area contributed by atoms with Crippen molar-refractivity contribution in [2.75, 3.05) is 18.5 Å². The largest absolute Gasteiger partial charge is 0.494 e. The molecule has 0 aliphatic heterocycles. The summed E-state index contributed by atoms with van der Waals surface area (Å²) in [6.45, 7) is 2.21. The Labute approximate surface area is 158 Å². The average molecular weight is 397 g/mol. The predicted octanol–water partition coefficient (Wildman–Crippen LogP) is 3.44. The molecule has 0 bridgehead atoms. The number of halogens is 1. The maximum Gasteiger partial charge on any atom is 0.240 e. The van der Waals surface area contributed by atoms with Crippen molar-refractivity contribution in [1.29, 1.82) is 0 Å². The van der Waals surface area contributed by atoms with Gasteiger partial charge in [-0.2, -0.15) is 0 Å². The molecule has 0 spiro atoms. The van der Waals surface area contributed by atoms with Gasteiger partial charge in [0.25, 0.3) is 0 Å². The van der Waals surface area contributed by atoms with Gasteiger partial charge in [-0.1, -0.05) is 11.6 Å². The molecule has 0 heterocycles. The number of amides is 1. The molecule has 1 amide bonds. The fraction of sp³-hybridized carbons (Fsp3) is 0.278. The number of anilines is 1. The summed E-state index contributed by atoms with van der Waals surface area (Å²) in [5.74, 6) is 0.522. The standard InChI is InChI=1S/C18H21ClN2O4S/c1-14(22)21-16-6-10-18(11-7-16)26(23,24)20-12-2-3-13-25-17-8-4-15(19)5-9-17/h4-11,20H,2-3,12-13H2,1H3,(H,21,22). The van der Waals surface area contributed by atoms with E-state index in [-0.39, 0.29) is 10.8 Å². The molecule has 8 heteroatoms. The van der Waals surface area contributed by atoms with Crippen LogP contribution in [0.15, 0.2) is 53.4 Å². The third-order valence-electron chi connectivity index (χ3n) is 3.43. The summed E-state index contributed by atoms with van der Waals surface area (Å²) in [5.41, 5.74) is 0.552. The monoisotopic (exact) mass is 396 g/mol. The molecule has 0 unspecified atom stereocenters. The number of hydrogen-bond donors (Lipinski definition) is 2. The van der Waals surface area contributed by atoms with Gasteiger partial charge >= 0.3 is 0 Å². The fourth-order valence-electron chi connectivity index (χ4n) is 2.16. The van der Waals surface area contributed by atoms with Crippen LogP contribution in [-0.2, 0) is 14.8 Å². The van der Waals surface area contributed by atoms with Crippen LogP contribution in [0.25, 0.3) is 0 Å². The smallest absolute Gasteiger partial charge is 0.240 e. The molecule has 2 aromatic rings. The van der Waals surface area contributed by atoms with Crippen molar-refractivity contribution >= 4 is 33.2 Å². The first-order valence-corrected chi connectivity index (χ1v) is 9.98. The van der Waals surface area contributed by atoms with Crippen LogP contribution >= 0.6 is 11.6 Å². The van der Waals surface area contributed by atoms with E-state index < -0.39 is 10.0 Å². The molecule has 26 heavy (non-hydrogen) atoms. The van der Waals surface area contributed by atoms with Gasteiger partial charge in [-0.25, -0.2) is 13.1 Å². The van der Waals surface area contributed by atoms with E-state index >= 15 is 0 Å². The summed E-state index contributed by atoms with van der Waals surface area (Å²) in [6.07, 6.45) is 1.36. The average Bonchev–Trinajstić information content (AvgIpc) is 2.59. The van der Waals surface area contributed by atoms with Crippen molar-refractivity contribution in [1.82, 2.24) is 4.72 Å². The zero-order valence-electron chi connectivity index (χ0n) is 14.4. The number of carbonyl (C=O) groups is 1. The molecule has 2 rings (SSSR count). The van der Waals surface area contributed by atoms with Crippen LogP contribution in [-0.4, -0.2) is 27.5 Å². The number of nitrogens with one attached hydrogen (secondary N) is 2. The fourth-order valence-corrected chi connectivity index (χ4v) is 3.36. The molecule has 0 radical (unpaired) electrons. The normalized spacial score (nSPS) is 11.2. The molecule has 0 aliphatic carbocycles. The SMILES string of the molecule is CC(=O)Nc1ccc(S(=O)(=O)NCCCCOc2ccc(Cl)cc2)cc1. The Balaban J connectivity index is 1.72. The van der Waals surface area contributed by atoms with Crippen LogP contribution in [0.1, 0.15) is 19.8 Å². The first-order valence-electron chi connectivity index (χ1n) is 8.12. The quantitative estimate of drug-likeness (QED) is 0.636. The van der Waals surface area contributed by atoms with Crippen molar-refractivity contribution in [3.8, 4) is 5.75 Å². The number of benzene rings is 2. The molecular formula is C18H21ClN2O4S. The maximum atomic E-state index is 12.2. The Morgan fingerprint density at radius 3 is 2.31 bits per heavy atom. The van der Waals surface area contributed by atoms with Crippen LogP contribution in [0.2, 0.25) is 5.02 Å². The molecule has 0 atom stereocenters. The van der Waals surface area contributed by atoms with Crippen molar-refractivity contribution in [2.45, 2.75) is 24.7 Å². The van der Waals surface area contributed by atoms with Gasteiger partial charge in [-0.05, 0) is 61.4 Å². The number of hydrogen-bond acceptors (Lipinski definition) is 4. The van der Waals surface area contributed by atoms with E-state index in [1.165, 1.54) is 19.1 Å². The topological polar surface area (TPSA) is 84.5 Å². The highest BCUT2D eigenvalue weighted by molar-refractivity contribution is 7.89. The van der Waals surface area contributed by atoms with E-state index in [2.05, 4.69) is 10.0 Å². The second-order valence-electron chi connectivity index (χ2n) is 5.61. The minimum atomic E-state index is -3.57. The zero-order valence-corrected chi connectivity index (χ0v) is 15.9. The highest BCUT2D eigenvalue weighted by Crippen LogP contribution is 2.16. The number of carbonyl (C=O) groups excluding carboxylic acids is 1. The molecule has 2 aromatic carbocycles. The minimum Gasteiger partial charge on any atom is -0.494 e. The van der Waals surface area contributed by atoms with Gasteiger partial charge in [-0.3, -0.25) is 4.79 Å². The Morgan fingerprint density at radius 2 is 1.69 bits per heavy atom. The summed E-state index contributed by atoms with van der Waals surface area (Å²) >= 11 is 5.80. The van der Waals surface area contributed by atoms with E-state index in [0.29, 0.717) is 36.7 Å². The third kappa shape index (κ3) is 6.67. The second-order valence-corrected chi connectivity index (χ2v) is 7.82. The van der Waals surface area contributed by atoms with Crippen LogP contribution < -0.4 is 14.8 Å². The molecule has 0 saturated heterocycles. The third-order valence-corrected chi connectivity index (χ3v) is 5.16. The first kappa shape index (κ1) is 20.2. The Kier molecular flexibility index (Phi) is 7.44. The summed E-state index contributed by atoms with van der Waals surface area (Å²) < 4.78 is 32.5. The number of unbranched alkanes of at least 4 members (excludes halogenated alkanes) is 1. The van der Waals surface area contributed by atoms with Gasteiger partial charge in [0.2, 0.25) is 15.9 Å². The van der Waals surface area contributed by atoms with Crippen LogP contribution in [0.4, 0.5) is 5.69 Å². The Morgan fingerprint density at radius 1 is 1.04 bits per heavy atom.